The number of nitrogens with zero attached hydrogens (tertiary/aromatic N) is 3. The number of amides is 1. The molecule has 0 aliphatic carbocycles. The van der Waals surface area contributed by atoms with E-state index in [9.17, 15) is 9.59 Å². The topological polar surface area (TPSA) is 113 Å². The van der Waals surface area contributed by atoms with E-state index < -0.39 is 5.91 Å². The van der Waals surface area contributed by atoms with Crippen LogP contribution in [0.3, 0.4) is 0 Å². The predicted octanol–water partition coefficient (Wildman–Crippen LogP) is -0.0664. The van der Waals surface area contributed by atoms with Crippen LogP contribution in [0.2, 0.25) is 0 Å². The number of carbonyl (C=O) groups is 1. The summed E-state index contributed by atoms with van der Waals surface area (Å²) in [6, 6.07) is 3.37. The lowest BCUT2D eigenvalue weighted by Gasteiger charge is -2.06. The van der Waals surface area contributed by atoms with Gasteiger partial charge >= 0.3 is 0 Å². The highest BCUT2D eigenvalue weighted by Gasteiger charge is 2.06. The predicted molar refractivity (Wildman–Crippen MR) is 67.5 cm³/mol. The number of pyridine rings is 1. The third-order valence-electron chi connectivity index (χ3n) is 2.33. The van der Waals surface area contributed by atoms with Gasteiger partial charge in [-0.1, -0.05) is 0 Å². The molecular weight excluding hydrogens is 248 g/mol. The summed E-state index contributed by atoms with van der Waals surface area (Å²) in [5.74, 6) is -0.334. The fraction of sp³-hybridized carbons (Fsp3) is 0.182. The lowest BCUT2D eigenvalue weighted by atomic mass is 10.2. The maximum absolute atomic E-state index is 11.7. The molecule has 8 heteroatoms. The fourth-order valence-electron chi connectivity index (χ4n) is 1.24. The van der Waals surface area contributed by atoms with Crippen LogP contribution < -0.4 is 16.4 Å². The summed E-state index contributed by atoms with van der Waals surface area (Å²) in [6.45, 7) is 3.36. The number of carbonyl (C=O) groups excluding carboxylic acids is 1. The molecule has 19 heavy (non-hydrogen) atoms. The Hall–Kier alpha value is -2.77. The van der Waals surface area contributed by atoms with Gasteiger partial charge in [0, 0.05) is 11.9 Å². The number of anilines is 1. The third-order valence-corrected chi connectivity index (χ3v) is 2.33. The maximum atomic E-state index is 11.7. The molecule has 2 aromatic rings. The Morgan fingerprint density at radius 3 is 2.68 bits per heavy atom. The van der Waals surface area contributed by atoms with Crippen molar-refractivity contribution in [2.45, 2.75) is 13.8 Å². The molecule has 0 radical (unpaired) electrons. The van der Waals surface area contributed by atoms with Crippen molar-refractivity contribution in [3.8, 4) is 0 Å². The number of hydrogen-bond acceptors (Lipinski definition) is 6. The molecule has 0 spiro atoms. The summed E-state index contributed by atoms with van der Waals surface area (Å²) >= 11 is 0. The van der Waals surface area contributed by atoms with Gasteiger partial charge in [-0.15, -0.1) is 10.2 Å². The van der Waals surface area contributed by atoms with E-state index in [-0.39, 0.29) is 17.2 Å². The zero-order valence-corrected chi connectivity index (χ0v) is 10.4. The summed E-state index contributed by atoms with van der Waals surface area (Å²) < 4.78 is 0. The Morgan fingerprint density at radius 1 is 1.26 bits per heavy atom. The monoisotopic (exact) mass is 260 g/mol. The molecule has 98 valence electrons. The number of hydrogen-bond donors (Lipinski definition) is 3. The van der Waals surface area contributed by atoms with Crippen LogP contribution >= 0.6 is 0 Å². The minimum atomic E-state index is -0.393. The maximum Gasteiger partial charge on any atom is 0.274 e. The van der Waals surface area contributed by atoms with Crippen LogP contribution in [-0.2, 0) is 0 Å². The van der Waals surface area contributed by atoms with Crippen LogP contribution in [-0.4, -0.2) is 26.1 Å². The second kappa shape index (κ2) is 5.25. The first-order valence-corrected chi connectivity index (χ1v) is 5.49. The van der Waals surface area contributed by atoms with Crippen LogP contribution in [0.1, 0.15) is 21.7 Å². The zero-order chi connectivity index (χ0) is 13.8. The van der Waals surface area contributed by atoms with Gasteiger partial charge < -0.3 is 0 Å². The molecule has 0 fully saturated rings. The number of hydrazine groups is 1. The number of nitrogens with one attached hydrogen (secondary N) is 3. The molecule has 0 unspecified atom stereocenters. The van der Waals surface area contributed by atoms with Crippen LogP contribution in [0.25, 0.3) is 0 Å². The van der Waals surface area contributed by atoms with Crippen molar-refractivity contribution in [1.82, 2.24) is 25.6 Å². The Balaban J connectivity index is 2.02. The van der Waals surface area contributed by atoms with Gasteiger partial charge in [0.1, 0.15) is 5.69 Å². The number of aromatic amines is 1. The van der Waals surface area contributed by atoms with Gasteiger partial charge in [0.2, 0.25) is 5.95 Å². The third kappa shape index (κ3) is 3.12. The first kappa shape index (κ1) is 12.7. The number of H-pyrrole nitrogens is 1. The smallest absolute Gasteiger partial charge is 0.274 e. The average molecular weight is 260 g/mol. The molecule has 8 nitrogen and oxygen atoms in total. The van der Waals surface area contributed by atoms with Crippen molar-refractivity contribution >= 4 is 11.9 Å². The van der Waals surface area contributed by atoms with Crippen LogP contribution in [0.4, 0.5) is 5.95 Å². The highest BCUT2D eigenvalue weighted by molar-refractivity contribution is 5.94. The second-order valence-electron chi connectivity index (χ2n) is 3.86. The van der Waals surface area contributed by atoms with Gasteiger partial charge in [-0.3, -0.25) is 30.4 Å². The first-order valence-electron chi connectivity index (χ1n) is 5.49. The van der Waals surface area contributed by atoms with E-state index >= 15 is 0 Å². The Bertz CT molecular complexity index is 649. The van der Waals surface area contributed by atoms with Gasteiger partial charge in [0.05, 0.1) is 5.56 Å². The summed E-state index contributed by atoms with van der Waals surface area (Å²) in [5.41, 5.74) is 5.93. The summed E-state index contributed by atoms with van der Waals surface area (Å²) in [4.78, 5) is 29.4. The molecule has 0 atom stereocenters. The van der Waals surface area contributed by atoms with E-state index in [1.54, 1.807) is 12.1 Å². The summed E-state index contributed by atoms with van der Waals surface area (Å²) in [5, 5.41) is 7.29. The minimum absolute atomic E-state index is 0.0593. The number of aryl methyl sites for hydroxylation is 2. The van der Waals surface area contributed by atoms with Crippen LogP contribution in [0, 0.1) is 13.8 Å². The molecule has 0 saturated heterocycles. The van der Waals surface area contributed by atoms with Crippen molar-refractivity contribution in [3.63, 3.8) is 0 Å². The molecule has 0 saturated carbocycles. The standard InChI is InChI=1S/C11H12N6O2/c1-6-3-4-8(5-12-6)10(19)15-17-11-13-9(18)7(2)14-16-11/h3-5H,1-2H3,(H,15,19)(H2,13,16,17,18). The normalized spacial score (nSPS) is 10.0. The van der Waals surface area contributed by atoms with Crippen molar-refractivity contribution in [1.29, 1.82) is 0 Å². The zero-order valence-electron chi connectivity index (χ0n) is 10.4. The average Bonchev–Trinajstić information content (AvgIpc) is 2.40. The van der Waals surface area contributed by atoms with E-state index in [0.29, 0.717) is 5.56 Å². The van der Waals surface area contributed by atoms with Gasteiger partial charge in [0.15, 0.2) is 0 Å². The number of aromatic nitrogens is 4. The Labute approximate surface area is 108 Å². The van der Waals surface area contributed by atoms with Gasteiger partial charge in [0.25, 0.3) is 11.5 Å². The fourth-order valence-corrected chi connectivity index (χ4v) is 1.24. The van der Waals surface area contributed by atoms with Crippen molar-refractivity contribution in [3.05, 3.63) is 45.6 Å². The molecule has 0 aliphatic rings. The molecule has 0 aliphatic heterocycles. The molecule has 0 bridgehead atoms. The van der Waals surface area contributed by atoms with E-state index in [1.165, 1.54) is 13.1 Å². The van der Waals surface area contributed by atoms with E-state index in [4.69, 9.17) is 0 Å². The number of rotatable bonds is 3. The molecule has 2 heterocycles. The van der Waals surface area contributed by atoms with Gasteiger partial charge in [-0.25, -0.2) is 0 Å². The van der Waals surface area contributed by atoms with Gasteiger partial charge in [-0.05, 0) is 26.0 Å². The molecule has 2 rings (SSSR count). The van der Waals surface area contributed by atoms with Crippen molar-refractivity contribution < 1.29 is 4.79 Å². The van der Waals surface area contributed by atoms with Crippen molar-refractivity contribution in [2.24, 2.45) is 0 Å². The lowest BCUT2D eigenvalue weighted by molar-refractivity contribution is 0.0962. The highest BCUT2D eigenvalue weighted by Crippen LogP contribution is 1.99. The highest BCUT2D eigenvalue weighted by atomic mass is 16.2. The van der Waals surface area contributed by atoms with E-state index in [0.717, 1.165) is 5.69 Å². The minimum Gasteiger partial charge on any atom is -0.288 e. The summed E-state index contributed by atoms with van der Waals surface area (Å²) in [7, 11) is 0. The van der Waals surface area contributed by atoms with Crippen molar-refractivity contribution in [2.75, 3.05) is 5.43 Å². The molecule has 2 aromatic heterocycles. The Morgan fingerprint density at radius 2 is 2.05 bits per heavy atom. The SMILES string of the molecule is Cc1ccc(C(=O)NNc2nnc(C)c(=O)[nH]2)cn1. The Kier molecular flexibility index (Phi) is 3.51. The molecule has 0 aromatic carbocycles. The van der Waals surface area contributed by atoms with Gasteiger partial charge in [-0.2, -0.15) is 0 Å². The van der Waals surface area contributed by atoms with E-state index in [2.05, 4.69) is 31.0 Å². The second-order valence-corrected chi connectivity index (χ2v) is 3.86. The van der Waals surface area contributed by atoms with E-state index in [1.807, 2.05) is 6.92 Å². The molecule has 1 amide bonds. The largest absolute Gasteiger partial charge is 0.288 e. The molecular formula is C11H12N6O2. The van der Waals surface area contributed by atoms with Crippen LogP contribution in [0.5, 0.6) is 0 Å². The van der Waals surface area contributed by atoms with Crippen LogP contribution in [0.15, 0.2) is 23.1 Å². The lowest BCUT2D eigenvalue weighted by Crippen LogP contribution is -2.32. The quantitative estimate of drug-likeness (QED) is 0.666. The summed E-state index contributed by atoms with van der Waals surface area (Å²) in [6.07, 6.45) is 1.45. The first-order chi connectivity index (χ1) is 9.06. The molecule has 3 N–H and O–H groups in total.